The maximum atomic E-state index is 10.4. The highest BCUT2D eigenvalue weighted by molar-refractivity contribution is 9.10. The van der Waals surface area contributed by atoms with Crippen LogP contribution in [0.25, 0.3) is 0 Å². The Morgan fingerprint density at radius 2 is 1.90 bits per heavy atom. The van der Waals surface area contributed by atoms with Crippen molar-refractivity contribution in [3.8, 4) is 5.75 Å². The summed E-state index contributed by atoms with van der Waals surface area (Å²) in [5.74, 6) is 1.33. The first-order valence-corrected chi connectivity index (χ1v) is 8.09. The summed E-state index contributed by atoms with van der Waals surface area (Å²) in [4.78, 5) is 1.14. The van der Waals surface area contributed by atoms with Crippen LogP contribution in [0.3, 0.4) is 0 Å². The van der Waals surface area contributed by atoms with Crippen molar-refractivity contribution in [3.05, 3.63) is 58.1 Å². The maximum absolute atomic E-state index is 10.4. The summed E-state index contributed by atoms with van der Waals surface area (Å²) >= 11 is 5.04. The highest BCUT2D eigenvalue weighted by Crippen LogP contribution is 2.31. The minimum absolute atomic E-state index is 0.543. The first-order valence-electron chi connectivity index (χ1n) is 6.31. The third-order valence-corrected chi connectivity index (χ3v) is 4.58. The molecule has 0 aromatic heterocycles. The van der Waals surface area contributed by atoms with Crippen molar-refractivity contribution in [1.29, 1.82) is 0 Å². The standard InChI is InChI=1S/C16H17BrO2S/c1-11-3-8-16(19-2)14(9-11)15(18)10-20-13-6-4-12(17)5-7-13/h3-9,15,18H,10H2,1-2H3. The average Bonchev–Trinajstić information content (AvgIpc) is 2.46. The van der Waals surface area contributed by atoms with E-state index >= 15 is 0 Å². The fraction of sp³-hybridized carbons (Fsp3) is 0.250. The maximum Gasteiger partial charge on any atom is 0.124 e. The molecular formula is C16H17BrO2S. The van der Waals surface area contributed by atoms with Crippen molar-refractivity contribution in [2.24, 2.45) is 0 Å². The van der Waals surface area contributed by atoms with Gasteiger partial charge in [-0.15, -0.1) is 11.8 Å². The highest BCUT2D eigenvalue weighted by atomic mass is 79.9. The van der Waals surface area contributed by atoms with Crippen LogP contribution in [0.1, 0.15) is 17.2 Å². The van der Waals surface area contributed by atoms with Crippen molar-refractivity contribution < 1.29 is 9.84 Å². The zero-order valence-electron chi connectivity index (χ0n) is 11.5. The molecule has 0 spiro atoms. The third kappa shape index (κ3) is 4.01. The number of thioether (sulfide) groups is 1. The van der Waals surface area contributed by atoms with E-state index in [1.54, 1.807) is 18.9 Å². The smallest absolute Gasteiger partial charge is 0.124 e. The quantitative estimate of drug-likeness (QED) is 0.797. The van der Waals surface area contributed by atoms with E-state index in [1.807, 2.05) is 49.4 Å². The summed E-state index contributed by atoms with van der Waals surface area (Å²) in [6, 6.07) is 13.9. The van der Waals surface area contributed by atoms with E-state index in [4.69, 9.17) is 4.74 Å². The van der Waals surface area contributed by atoms with Gasteiger partial charge in [-0.1, -0.05) is 27.6 Å². The number of hydrogen-bond donors (Lipinski definition) is 1. The van der Waals surface area contributed by atoms with Gasteiger partial charge in [0, 0.05) is 20.7 Å². The first-order chi connectivity index (χ1) is 9.60. The Hall–Kier alpha value is -0.970. The van der Waals surface area contributed by atoms with E-state index in [9.17, 15) is 5.11 Å². The molecule has 2 rings (SSSR count). The number of aliphatic hydroxyl groups excluding tert-OH is 1. The molecule has 20 heavy (non-hydrogen) atoms. The lowest BCUT2D eigenvalue weighted by molar-refractivity contribution is 0.199. The van der Waals surface area contributed by atoms with Crippen LogP contribution in [-0.2, 0) is 0 Å². The van der Waals surface area contributed by atoms with Crippen LogP contribution in [0.2, 0.25) is 0 Å². The molecule has 0 amide bonds. The Morgan fingerprint density at radius 3 is 2.55 bits per heavy atom. The molecule has 0 aliphatic rings. The normalized spacial score (nSPS) is 12.2. The van der Waals surface area contributed by atoms with Gasteiger partial charge in [0.25, 0.3) is 0 Å². The number of rotatable bonds is 5. The van der Waals surface area contributed by atoms with Crippen LogP contribution in [-0.4, -0.2) is 18.0 Å². The van der Waals surface area contributed by atoms with Gasteiger partial charge in [-0.3, -0.25) is 0 Å². The van der Waals surface area contributed by atoms with Gasteiger partial charge in [0.1, 0.15) is 5.75 Å². The van der Waals surface area contributed by atoms with E-state index in [2.05, 4.69) is 15.9 Å². The number of aryl methyl sites for hydroxylation is 1. The predicted octanol–water partition coefficient (Wildman–Crippen LogP) is 4.59. The molecule has 0 saturated heterocycles. The fourth-order valence-corrected chi connectivity index (χ4v) is 3.03. The fourth-order valence-electron chi connectivity index (χ4n) is 1.91. The summed E-state index contributed by atoms with van der Waals surface area (Å²) in [5.41, 5.74) is 1.96. The molecule has 0 bridgehead atoms. The van der Waals surface area contributed by atoms with Gasteiger partial charge < -0.3 is 9.84 Å². The lowest BCUT2D eigenvalue weighted by Crippen LogP contribution is -2.03. The van der Waals surface area contributed by atoms with Crippen LogP contribution in [0.15, 0.2) is 51.8 Å². The molecule has 0 aliphatic heterocycles. The lowest BCUT2D eigenvalue weighted by Gasteiger charge is -2.15. The van der Waals surface area contributed by atoms with E-state index in [0.29, 0.717) is 5.75 Å². The number of aliphatic hydroxyl groups is 1. The number of methoxy groups -OCH3 is 1. The summed E-state index contributed by atoms with van der Waals surface area (Å²) in [7, 11) is 1.63. The van der Waals surface area contributed by atoms with Crippen molar-refractivity contribution in [1.82, 2.24) is 0 Å². The molecule has 4 heteroatoms. The minimum Gasteiger partial charge on any atom is -0.496 e. The molecule has 1 N–H and O–H groups in total. The Labute approximate surface area is 132 Å². The van der Waals surface area contributed by atoms with Gasteiger partial charge >= 0.3 is 0 Å². The molecule has 1 unspecified atom stereocenters. The average molecular weight is 353 g/mol. The van der Waals surface area contributed by atoms with Gasteiger partial charge in [-0.2, -0.15) is 0 Å². The Bertz CT molecular complexity index is 569. The molecule has 0 fully saturated rings. The summed E-state index contributed by atoms with van der Waals surface area (Å²) in [5, 5.41) is 10.4. The second-order valence-electron chi connectivity index (χ2n) is 4.53. The van der Waals surface area contributed by atoms with E-state index in [1.165, 1.54) is 0 Å². The number of ether oxygens (including phenoxy) is 1. The minimum atomic E-state index is -0.543. The largest absolute Gasteiger partial charge is 0.496 e. The van der Waals surface area contributed by atoms with Crippen LogP contribution >= 0.6 is 27.7 Å². The topological polar surface area (TPSA) is 29.5 Å². The SMILES string of the molecule is COc1ccc(C)cc1C(O)CSc1ccc(Br)cc1. The van der Waals surface area contributed by atoms with Crippen molar-refractivity contribution in [2.45, 2.75) is 17.9 Å². The van der Waals surface area contributed by atoms with Crippen molar-refractivity contribution in [3.63, 3.8) is 0 Å². The molecule has 0 radical (unpaired) electrons. The lowest BCUT2D eigenvalue weighted by atomic mass is 10.1. The summed E-state index contributed by atoms with van der Waals surface area (Å²) < 4.78 is 6.37. The molecule has 2 nitrogen and oxygen atoms in total. The van der Waals surface area contributed by atoms with Gasteiger partial charge in [-0.25, -0.2) is 0 Å². The van der Waals surface area contributed by atoms with E-state index in [-0.39, 0.29) is 0 Å². The second-order valence-corrected chi connectivity index (χ2v) is 6.54. The summed E-state index contributed by atoms with van der Waals surface area (Å²) in [6.07, 6.45) is -0.543. The molecule has 2 aromatic rings. The number of benzene rings is 2. The van der Waals surface area contributed by atoms with Crippen LogP contribution in [0.4, 0.5) is 0 Å². The Balaban J connectivity index is 2.06. The van der Waals surface area contributed by atoms with Gasteiger partial charge in [0.2, 0.25) is 0 Å². The van der Waals surface area contributed by atoms with E-state index in [0.717, 1.165) is 26.2 Å². The van der Waals surface area contributed by atoms with Gasteiger partial charge in [0.15, 0.2) is 0 Å². The number of hydrogen-bond acceptors (Lipinski definition) is 3. The Morgan fingerprint density at radius 1 is 1.20 bits per heavy atom. The first kappa shape index (κ1) is 15.4. The van der Waals surface area contributed by atoms with Crippen molar-refractivity contribution in [2.75, 3.05) is 12.9 Å². The van der Waals surface area contributed by atoms with Gasteiger partial charge in [0.05, 0.1) is 13.2 Å². The Kier molecular flexibility index (Phi) is 5.52. The molecule has 106 valence electrons. The van der Waals surface area contributed by atoms with Crippen LogP contribution in [0.5, 0.6) is 5.75 Å². The molecule has 0 saturated carbocycles. The number of halogens is 1. The molecule has 0 heterocycles. The molecular weight excluding hydrogens is 336 g/mol. The third-order valence-electron chi connectivity index (χ3n) is 2.97. The monoisotopic (exact) mass is 352 g/mol. The predicted molar refractivity (Wildman–Crippen MR) is 87.6 cm³/mol. The zero-order valence-corrected chi connectivity index (χ0v) is 13.9. The van der Waals surface area contributed by atoms with E-state index < -0.39 is 6.10 Å². The van der Waals surface area contributed by atoms with Crippen molar-refractivity contribution >= 4 is 27.7 Å². The second kappa shape index (κ2) is 7.16. The molecule has 2 aromatic carbocycles. The molecule has 1 atom stereocenters. The van der Waals surface area contributed by atoms with Crippen LogP contribution in [0, 0.1) is 6.92 Å². The van der Waals surface area contributed by atoms with Gasteiger partial charge in [-0.05, 0) is 43.3 Å². The van der Waals surface area contributed by atoms with Crippen LogP contribution < -0.4 is 4.74 Å². The molecule has 0 aliphatic carbocycles. The summed E-state index contributed by atoms with van der Waals surface area (Å²) in [6.45, 7) is 2.01. The zero-order chi connectivity index (χ0) is 14.5. The highest BCUT2D eigenvalue weighted by Gasteiger charge is 2.14.